The molecular weight excluding hydrogens is 278 g/mol. The van der Waals surface area contributed by atoms with Crippen LogP contribution in [0.2, 0.25) is 0 Å². The molecule has 0 saturated heterocycles. The molecular formula is C18H19NO3. The van der Waals surface area contributed by atoms with E-state index in [1.54, 1.807) is 7.11 Å². The summed E-state index contributed by atoms with van der Waals surface area (Å²) in [5, 5.41) is 9.92. The summed E-state index contributed by atoms with van der Waals surface area (Å²) in [5.41, 5.74) is 1.92. The fraction of sp³-hybridized carbons (Fsp3) is 0.278. The third-order valence-electron chi connectivity index (χ3n) is 4.44. The summed E-state index contributed by atoms with van der Waals surface area (Å²) in [6, 6.07) is 15.4. The lowest BCUT2D eigenvalue weighted by Gasteiger charge is -2.36. The lowest BCUT2D eigenvalue weighted by Crippen LogP contribution is -2.50. The molecule has 22 heavy (non-hydrogen) atoms. The molecule has 0 bridgehead atoms. The van der Waals surface area contributed by atoms with Crippen LogP contribution in [0.25, 0.3) is 0 Å². The minimum Gasteiger partial charge on any atom is -0.497 e. The highest BCUT2D eigenvalue weighted by Crippen LogP contribution is 2.46. The van der Waals surface area contributed by atoms with Gasteiger partial charge in [0, 0.05) is 23.9 Å². The van der Waals surface area contributed by atoms with Crippen molar-refractivity contribution in [2.24, 2.45) is 0 Å². The number of ether oxygens (including phenoxy) is 1. The van der Waals surface area contributed by atoms with Crippen molar-refractivity contribution in [1.29, 1.82) is 0 Å². The molecule has 0 spiro atoms. The van der Waals surface area contributed by atoms with Crippen LogP contribution in [-0.4, -0.2) is 23.7 Å². The zero-order chi connectivity index (χ0) is 15.7. The molecule has 0 fully saturated rings. The van der Waals surface area contributed by atoms with E-state index in [1.165, 1.54) is 0 Å². The van der Waals surface area contributed by atoms with Gasteiger partial charge in [-0.05, 0) is 30.2 Å². The minimum atomic E-state index is -0.948. The van der Waals surface area contributed by atoms with Gasteiger partial charge < -0.3 is 14.7 Å². The van der Waals surface area contributed by atoms with Crippen molar-refractivity contribution < 1.29 is 14.6 Å². The molecule has 1 N–H and O–H groups in total. The first kappa shape index (κ1) is 14.4. The Morgan fingerprint density at radius 1 is 1.27 bits per heavy atom. The smallest absolute Gasteiger partial charge is 0.330 e. The highest BCUT2D eigenvalue weighted by atomic mass is 16.5. The van der Waals surface area contributed by atoms with Crippen molar-refractivity contribution in [3.63, 3.8) is 0 Å². The molecule has 0 amide bonds. The molecule has 1 heterocycles. The van der Waals surface area contributed by atoms with Gasteiger partial charge in [0.2, 0.25) is 0 Å². The van der Waals surface area contributed by atoms with Crippen molar-refractivity contribution in [1.82, 2.24) is 0 Å². The second kappa shape index (κ2) is 5.37. The zero-order valence-electron chi connectivity index (χ0n) is 12.7. The number of rotatable bonds is 4. The molecule has 0 aromatic heterocycles. The maximum Gasteiger partial charge on any atom is 0.330 e. The lowest BCUT2D eigenvalue weighted by atomic mass is 9.91. The molecule has 1 aliphatic rings. The van der Waals surface area contributed by atoms with Gasteiger partial charge in [-0.25, -0.2) is 4.79 Å². The number of benzene rings is 2. The van der Waals surface area contributed by atoms with E-state index in [4.69, 9.17) is 4.74 Å². The third kappa shape index (κ3) is 2.03. The number of fused-ring (bicyclic) bond motifs is 1. The van der Waals surface area contributed by atoms with Crippen LogP contribution in [0.1, 0.15) is 18.9 Å². The Morgan fingerprint density at radius 2 is 2.05 bits per heavy atom. The Balaban J connectivity index is 2.20. The van der Waals surface area contributed by atoms with E-state index < -0.39 is 11.5 Å². The Hall–Kier alpha value is -2.49. The second-order valence-electron chi connectivity index (χ2n) is 5.53. The molecule has 3 rings (SSSR count). The van der Waals surface area contributed by atoms with E-state index in [1.807, 2.05) is 60.4 Å². The fourth-order valence-corrected chi connectivity index (χ4v) is 3.24. The Kier molecular flexibility index (Phi) is 3.53. The van der Waals surface area contributed by atoms with Crippen LogP contribution in [-0.2, 0) is 11.2 Å². The molecule has 4 nitrogen and oxygen atoms in total. The summed E-state index contributed by atoms with van der Waals surface area (Å²) in [6.45, 7) is 1.92. The minimum absolute atomic E-state index is 0.506. The largest absolute Gasteiger partial charge is 0.497 e. The number of carbonyl (C=O) groups is 1. The molecule has 114 valence electrons. The van der Waals surface area contributed by atoms with Crippen LogP contribution in [0.4, 0.5) is 11.4 Å². The van der Waals surface area contributed by atoms with Gasteiger partial charge >= 0.3 is 5.97 Å². The van der Waals surface area contributed by atoms with Gasteiger partial charge in [0.25, 0.3) is 0 Å². The van der Waals surface area contributed by atoms with Crippen molar-refractivity contribution >= 4 is 17.3 Å². The van der Waals surface area contributed by atoms with Gasteiger partial charge in [0.15, 0.2) is 0 Å². The topological polar surface area (TPSA) is 49.8 Å². The first-order valence-electron chi connectivity index (χ1n) is 7.38. The fourth-order valence-electron chi connectivity index (χ4n) is 3.24. The maximum absolute atomic E-state index is 12.1. The molecule has 4 heteroatoms. The second-order valence-corrected chi connectivity index (χ2v) is 5.53. The standard InChI is InChI=1S/C18H19NO3/c1-3-18(17(20)21)12-13-7-4-5-10-16(13)19(18)14-8-6-9-15(11-14)22-2/h4-11H,3,12H2,1-2H3,(H,20,21). The van der Waals surface area contributed by atoms with Crippen LogP contribution in [0.3, 0.4) is 0 Å². The van der Waals surface area contributed by atoms with Crippen molar-refractivity contribution in [2.75, 3.05) is 12.0 Å². The Bertz CT molecular complexity index is 713. The summed E-state index contributed by atoms with van der Waals surface area (Å²) < 4.78 is 5.29. The van der Waals surface area contributed by atoms with Gasteiger partial charge in [-0.2, -0.15) is 0 Å². The van der Waals surface area contributed by atoms with Crippen LogP contribution in [0, 0.1) is 0 Å². The van der Waals surface area contributed by atoms with Crippen LogP contribution >= 0.6 is 0 Å². The SMILES string of the molecule is CCC1(C(=O)O)Cc2ccccc2N1c1cccc(OC)c1. The number of carboxylic acids is 1. The van der Waals surface area contributed by atoms with Crippen LogP contribution in [0.5, 0.6) is 5.75 Å². The highest BCUT2D eigenvalue weighted by Gasteiger charge is 2.49. The monoisotopic (exact) mass is 297 g/mol. The summed E-state index contributed by atoms with van der Waals surface area (Å²) in [7, 11) is 1.61. The average molecular weight is 297 g/mol. The van der Waals surface area contributed by atoms with E-state index >= 15 is 0 Å². The highest BCUT2D eigenvalue weighted by molar-refractivity contribution is 5.91. The van der Waals surface area contributed by atoms with Crippen LogP contribution < -0.4 is 9.64 Å². The number of para-hydroxylation sites is 1. The summed E-state index contributed by atoms with van der Waals surface area (Å²) >= 11 is 0. The normalized spacial score (nSPS) is 19.8. The van der Waals surface area contributed by atoms with Gasteiger partial charge in [-0.15, -0.1) is 0 Å². The molecule has 2 aromatic carbocycles. The number of aliphatic carboxylic acids is 1. The zero-order valence-corrected chi connectivity index (χ0v) is 12.7. The van der Waals surface area contributed by atoms with E-state index in [0.29, 0.717) is 12.8 Å². The Morgan fingerprint density at radius 3 is 2.73 bits per heavy atom. The number of hydrogen-bond donors (Lipinski definition) is 1. The molecule has 1 aliphatic heterocycles. The van der Waals surface area contributed by atoms with E-state index in [0.717, 1.165) is 22.7 Å². The predicted octanol–water partition coefficient (Wildman–Crippen LogP) is 3.62. The van der Waals surface area contributed by atoms with Crippen LogP contribution in [0.15, 0.2) is 48.5 Å². The molecule has 0 aliphatic carbocycles. The van der Waals surface area contributed by atoms with E-state index in [9.17, 15) is 9.90 Å². The van der Waals surface area contributed by atoms with Gasteiger partial charge in [0.05, 0.1) is 7.11 Å². The summed E-state index contributed by atoms with van der Waals surface area (Å²) in [4.78, 5) is 14.0. The average Bonchev–Trinajstić information content (AvgIpc) is 2.90. The van der Waals surface area contributed by atoms with Crippen molar-refractivity contribution in [2.45, 2.75) is 25.3 Å². The van der Waals surface area contributed by atoms with Crippen molar-refractivity contribution in [3.8, 4) is 5.75 Å². The molecule has 1 atom stereocenters. The quantitative estimate of drug-likeness (QED) is 0.936. The number of anilines is 2. The molecule has 0 saturated carbocycles. The maximum atomic E-state index is 12.1. The number of nitrogens with zero attached hydrogens (tertiary/aromatic N) is 1. The first-order chi connectivity index (χ1) is 10.6. The first-order valence-corrected chi connectivity index (χ1v) is 7.38. The van der Waals surface area contributed by atoms with Gasteiger partial charge in [-0.1, -0.05) is 31.2 Å². The predicted molar refractivity (Wildman–Crippen MR) is 85.9 cm³/mol. The third-order valence-corrected chi connectivity index (χ3v) is 4.44. The van der Waals surface area contributed by atoms with Crippen molar-refractivity contribution in [3.05, 3.63) is 54.1 Å². The van der Waals surface area contributed by atoms with E-state index in [-0.39, 0.29) is 0 Å². The Labute approximate surface area is 130 Å². The molecule has 1 unspecified atom stereocenters. The summed E-state index contributed by atoms with van der Waals surface area (Å²) in [6.07, 6.45) is 1.03. The van der Waals surface area contributed by atoms with Gasteiger partial charge in [0.1, 0.15) is 11.3 Å². The summed E-state index contributed by atoms with van der Waals surface area (Å²) in [5.74, 6) is -0.0775. The molecule has 0 radical (unpaired) electrons. The number of hydrogen-bond acceptors (Lipinski definition) is 3. The molecule has 2 aromatic rings. The number of carboxylic acid groups (broad SMARTS) is 1. The van der Waals surface area contributed by atoms with Gasteiger partial charge in [-0.3, -0.25) is 0 Å². The van der Waals surface area contributed by atoms with E-state index in [2.05, 4.69) is 0 Å². The lowest BCUT2D eigenvalue weighted by molar-refractivity contribution is -0.143. The number of methoxy groups -OCH3 is 1.